The summed E-state index contributed by atoms with van der Waals surface area (Å²) in [5, 5.41) is 7.27. The maximum atomic E-state index is 12.9. The minimum absolute atomic E-state index is 0.0688. The van der Waals surface area contributed by atoms with Crippen LogP contribution in [-0.4, -0.2) is 59.3 Å². The van der Waals surface area contributed by atoms with E-state index in [4.69, 9.17) is 0 Å². The summed E-state index contributed by atoms with van der Waals surface area (Å²) in [4.78, 5) is 35.2. The number of thiophene rings is 1. The molecule has 2 aromatic rings. The van der Waals surface area contributed by atoms with Crippen molar-refractivity contribution < 1.29 is 9.59 Å². The smallest absolute Gasteiger partial charge is 0.231 e. The van der Waals surface area contributed by atoms with Crippen LogP contribution in [-0.2, 0) is 22.4 Å². The fraction of sp³-hybridized carbons (Fsp3) is 0.609. The van der Waals surface area contributed by atoms with Gasteiger partial charge in [-0.05, 0) is 62.1 Å². The molecule has 8 heteroatoms. The molecule has 2 fully saturated rings. The molecule has 4 heterocycles. The van der Waals surface area contributed by atoms with Gasteiger partial charge in [0.1, 0.15) is 0 Å². The van der Waals surface area contributed by atoms with Crippen molar-refractivity contribution >= 4 is 39.6 Å². The summed E-state index contributed by atoms with van der Waals surface area (Å²) in [5.41, 5.74) is 0.744. The van der Waals surface area contributed by atoms with E-state index in [2.05, 4.69) is 22.1 Å². The molecule has 0 radical (unpaired) electrons. The van der Waals surface area contributed by atoms with Gasteiger partial charge in [0, 0.05) is 29.9 Å². The summed E-state index contributed by atoms with van der Waals surface area (Å²) < 4.78 is 0. The molecule has 0 aromatic carbocycles. The third-order valence-corrected chi connectivity index (χ3v) is 7.99. The first-order valence-corrected chi connectivity index (χ1v) is 13.1. The normalized spacial score (nSPS) is 20.7. The van der Waals surface area contributed by atoms with Gasteiger partial charge in [0.25, 0.3) is 0 Å². The Hall–Kier alpha value is -1.77. The van der Waals surface area contributed by atoms with Gasteiger partial charge in [0.2, 0.25) is 11.8 Å². The lowest BCUT2D eigenvalue weighted by Crippen LogP contribution is -2.45. The summed E-state index contributed by atoms with van der Waals surface area (Å²) in [6.07, 6.45) is 5.56. The van der Waals surface area contributed by atoms with Gasteiger partial charge in [0.15, 0.2) is 5.13 Å². The Kier molecular flexibility index (Phi) is 7.74. The molecule has 0 aliphatic carbocycles. The van der Waals surface area contributed by atoms with Gasteiger partial charge < -0.3 is 15.1 Å². The number of nitrogens with zero attached hydrogens (tertiary/aromatic N) is 3. The van der Waals surface area contributed by atoms with Crippen molar-refractivity contribution in [2.75, 3.05) is 38.0 Å². The summed E-state index contributed by atoms with van der Waals surface area (Å²) >= 11 is 2.96. The highest BCUT2D eigenvalue weighted by Crippen LogP contribution is 2.23. The van der Waals surface area contributed by atoms with E-state index in [0.29, 0.717) is 23.9 Å². The van der Waals surface area contributed by atoms with Crippen LogP contribution in [0.15, 0.2) is 22.9 Å². The number of likely N-dealkylation sites (tertiary alicyclic amines) is 2. The predicted octanol–water partition coefficient (Wildman–Crippen LogP) is 3.90. The minimum Gasteiger partial charge on any atom is -0.342 e. The molecule has 31 heavy (non-hydrogen) atoms. The largest absolute Gasteiger partial charge is 0.342 e. The van der Waals surface area contributed by atoms with Gasteiger partial charge in [0.05, 0.1) is 18.5 Å². The van der Waals surface area contributed by atoms with E-state index in [0.717, 1.165) is 42.5 Å². The highest BCUT2D eigenvalue weighted by Gasteiger charge is 2.27. The van der Waals surface area contributed by atoms with Gasteiger partial charge in [-0.2, -0.15) is 0 Å². The average molecular weight is 461 g/mol. The number of hydrogen-bond donors (Lipinski definition) is 1. The maximum Gasteiger partial charge on any atom is 0.231 e. The first-order chi connectivity index (χ1) is 15.0. The second-order valence-corrected chi connectivity index (χ2v) is 10.8. The number of amides is 2. The van der Waals surface area contributed by atoms with Gasteiger partial charge in [-0.1, -0.05) is 13.0 Å². The van der Waals surface area contributed by atoms with E-state index >= 15 is 0 Å². The number of hydrogen-bond acceptors (Lipinski definition) is 6. The Morgan fingerprint density at radius 2 is 2.00 bits per heavy atom. The van der Waals surface area contributed by atoms with Crippen molar-refractivity contribution in [3.8, 4) is 0 Å². The Labute approximate surface area is 192 Å². The van der Waals surface area contributed by atoms with Crippen LogP contribution in [0.1, 0.15) is 43.2 Å². The molecule has 2 aliphatic heterocycles. The lowest BCUT2D eigenvalue weighted by Gasteiger charge is -2.37. The van der Waals surface area contributed by atoms with E-state index < -0.39 is 0 Å². The number of rotatable bonds is 7. The lowest BCUT2D eigenvalue weighted by atomic mass is 9.94. The zero-order valence-electron chi connectivity index (χ0n) is 18.2. The number of nitrogens with one attached hydrogen (secondary N) is 1. The van der Waals surface area contributed by atoms with E-state index in [1.807, 2.05) is 27.8 Å². The Morgan fingerprint density at radius 1 is 1.16 bits per heavy atom. The lowest BCUT2D eigenvalue weighted by molar-refractivity contribution is -0.132. The highest BCUT2D eigenvalue weighted by molar-refractivity contribution is 7.14. The number of anilines is 1. The number of carbonyl (C=O) groups is 2. The Bertz CT molecular complexity index is 859. The molecule has 0 spiro atoms. The molecule has 2 aromatic heterocycles. The number of piperidine rings is 2. The van der Waals surface area contributed by atoms with E-state index in [-0.39, 0.29) is 11.8 Å². The van der Waals surface area contributed by atoms with Crippen molar-refractivity contribution in [1.82, 2.24) is 14.8 Å². The molecule has 2 amide bonds. The molecule has 0 saturated carbocycles. The summed E-state index contributed by atoms with van der Waals surface area (Å²) in [5.74, 6) is 1.51. The zero-order chi connectivity index (χ0) is 21.6. The first kappa shape index (κ1) is 22.4. The minimum atomic E-state index is -0.0688. The van der Waals surface area contributed by atoms with Crippen LogP contribution in [0.3, 0.4) is 0 Å². The predicted molar refractivity (Wildman–Crippen MR) is 127 cm³/mol. The molecule has 0 bridgehead atoms. The molecule has 6 nitrogen and oxygen atoms in total. The molecule has 4 rings (SSSR count). The molecule has 2 aliphatic rings. The van der Waals surface area contributed by atoms with Gasteiger partial charge in [-0.3, -0.25) is 9.59 Å². The maximum absolute atomic E-state index is 12.9. The monoisotopic (exact) mass is 460 g/mol. The first-order valence-electron chi connectivity index (χ1n) is 11.3. The Morgan fingerprint density at radius 3 is 2.77 bits per heavy atom. The van der Waals surface area contributed by atoms with Crippen molar-refractivity contribution in [2.45, 2.75) is 45.4 Å². The number of carbonyl (C=O) groups excluding carboxylic acids is 2. The third-order valence-electron chi connectivity index (χ3n) is 6.31. The molecule has 168 valence electrons. The fourth-order valence-electron chi connectivity index (χ4n) is 4.50. The standard InChI is InChI=1S/C23H32N4O2S2/c1-17-6-9-26(10-7-17)14-18-4-2-8-27(15-18)22(29)12-19-16-31-23(24-19)25-21(28)13-20-5-3-11-30-20/h3,5,11,16-18H,2,4,6-10,12-15H2,1H3,(H,24,25,28). The van der Waals surface area contributed by atoms with Crippen molar-refractivity contribution in [2.24, 2.45) is 11.8 Å². The third kappa shape index (κ3) is 6.60. The summed E-state index contributed by atoms with van der Waals surface area (Å²) in [6, 6.07) is 3.90. The van der Waals surface area contributed by atoms with Crippen molar-refractivity contribution in [3.05, 3.63) is 33.5 Å². The zero-order valence-corrected chi connectivity index (χ0v) is 19.8. The van der Waals surface area contributed by atoms with Gasteiger partial charge >= 0.3 is 0 Å². The highest BCUT2D eigenvalue weighted by atomic mass is 32.1. The average Bonchev–Trinajstić information content (AvgIpc) is 3.42. The molecular weight excluding hydrogens is 428 g/mol. The summed E-state index contributed by atoms with van der Waals surface area (Å²) in [6.45, 7) is 7.57. The summed E-state index contributed by atoms with van der Waals surface area (Å²) in [7, 11) is 0. The van der Waals surface area contributed by atoms with Crippen molar-refractivity contribution in [1.29, 1.82) is 0 Å². The SMILES string of the molecule is CC1CCN(CC2CCCN(C(=O)Cc3csc(NC(=O)Cc4cccs4)n3)C2)CC1. The van der Waals surface area contributed by atoms with Crippen LogP contribution >= 0.6 is 22.7 Å². The Balaban J connectivity index is 1.23. The van der Waals surface area contributed by atoms with Crippen LogP contribution in [0.4, 0.5) is 5.13 Å². The topological polar surface area (TPSA) is 65.5 Å². The molecule has 1 atom stereocenters. The second-order valence-electron chi connectivity index (χ2n) is 8.96. The van der Waals surface area contributed by atoms with Gasteiger partial charge in [-0.15, -0.1) is 22.7 Å². The molecular formula is C23H32N4O2S2. The molecule has 1 unspecified atom stereocenters. The van der Waals surface area contributed by atoms with Crippen LogP contribution in [0.2, 0.25) is 0 Å². The van der Waals surface area contributed by atoms with E-state index in [1.54, 1.807) is 11.3 Å². The van der Waals surface area contributed by atoms with Crippen LogP contribution in [0, 0.1) is 11.8 Å². The van der Waals surface area contributed by atoms with Crippen LogP contribution in [0.25, 0.3) is 0 Å². The van der Waals surface area contributed by atoms with Crippen LogP contribution in [0.5, 0.6) is 0 Å². The fourth-order valence-corrected chi connectivity index (χ4v) is 5.93. The molecule has 1 N–H and O–H groups in total. The van der Waals surface area contributed by atoms with E-state index in [9.17, 15) is 9.59 Å². The van der Waals surface area contributed by atoms with Crippen LogP contribution < -0.4 is 5.32 Å². The van der Waals surface area contributed by atoms with Crippen molar-refractivity contribution in [3.63, 3.8) is 0 Å². The number of thiazole rings is 1. The van der Waals surface area contributed by atoms with E-state index in [1.165, 1.54) is 43.7 Å². The quantitative estimate of drug-likeness (QED) is 0.681. The molecule has 2 saturated heterocycles. The van der Waals surface area contributed by atoms with Gasteiger partial charge in [-0.25, -0.2) is 4.98 Å². The second kappa shape index (κ2) is 10.7. The number of aromatic nitrogens is 1.